The van der Waals surface area contributed by atoms with Crippen LogP contribution in [0.4, 0.5) is 0 Å². The lowest BCUT2D eigenvalue weighted by Gasteiger charge is -2.31. The molecule has 0 N–H and O–H groups in total. The number of hydrogen-bond donors (Lipinski definition) is 0. The Kier molecular flexibility index (Phi) is 3.45. The van der Waals surface area contributed by atoms with Crippen LogP contribution in [0, 0.1) is 11.8 Å². The largest absolute Gasteiger partial charge is 0.290 e. The van der Waals surface area contributed by atoms with E-state index < -0.39 is 0 Å². The maximum Gasteiger partial charge on any atom is 0.0603 e. The second-order valence-corrected chi connectivity index (χ2v) is 3.24. The average molecular weight is 151 g/mol. The summed E-state index contributed by atoms with van der Waals surface area (Å²) in [6, 6.07) is 0.754. The number of piperidine rings is 1. The van der Waals surface area contributed by atoms with Crippen LogP contribution in [0.25, 0.3) is 0 Å². The molecule has 62 valence electrons. The Morgan fingerprint density at radius 2 is 2.27 bits per heavy atom. The fraction of sp³-hybridized carbons (Fsp3) is 0.800. The van der Waals surface area contributed by atoms with E-state index in [2.05, 4.69) is 23.7 Å². The van der Waals surface area contributed by atoms with Gasteiger partial charge >= 0.3 is 0 Å². The lowest BCUT2D eigenvalue weighted by Crippen LogP contribution is -2.37. The Morgan fingerprint density at radius 1 is 1.45 bits per heavy atom. The summed E-state index contributed by atoms with van der Waals surface area (Å²) in [6.07, 6.45) is 4.11. The van der Waals surface area contributed by atoms with Crippen molar-refractivity contribution >= 4 is 0 Å². The van der Waals surface area contributed by atoms with Crippen molar-refractivity contribution in [1.82, 2.24) is 4.90 Å². The number of rotatable bonds is 1. The highest BCUT2D eigenvalue weighted by Gasteiger charge is 2.16. The topological polar surface area (TPSA) is 3.24 Å². The highest BCUT2D eigenvalue weighted by Crippen LogP contribution is 2.14. The third-order valence-corrected chi connectivity index (χ3v) is 2.40. The summed E-state index contributed by atoms with van der Waals surface area (Å²) in [6.45, 7) is 6.43. The van der Waals surface area contributed by atoms with Crippen molar-refractivity contribution in [2.75, 3.05) is 13.1 Å². The molecule has 1 heterocycles. The monoisotopic (exact) mass is 151 g/mol. The smallest absolute Gasteiger partial charge is 0.0603 e. The van der Waals surface area contributed by atoms with E-state index in [9.17, 15) is 0 Å². The number of nitrogens with zero attached hydrogens (tertiary/aromatic N) is 1. The van der Waals surface area contributed by atoms with E-state index in [1.165, 1.54) is 25.8 Å². The Hall–Kier alpha value is -0.480. The van der Waals surface area contributed by atoms with Crippen LogP contribution < -0.4 is 0 Å². The lowest BCUT2D eigenvalue weighted by molar-refractivity contribution is 0.182. The molecule has 11 heavy (non-hydrogen) atoms. The van der Waals surface area contributed by atoms with Crippen LogP contribution in [0.2, 0.25) is 0 Å². The van der Waals surface area contributed by atoms with Gasteiger partial charge in [0.05, 0.1) is 6.54 Å². The number of hydrogen-bond acceptors (Lipinski definition) is 1. The molecular formula is C10H17N. The summed E-state index contributed by atoms with van der Waals surface area (Å²) >= 11 is 0. The van der Waals surface area contributed by atoms with Crippen LogP contribution in [0.1, 0.15) is 33.1 Å². The Morgan fingerprint density at radius 3 is 2.91 bits per heavy atom. The van der Waals surface area contributed by atoms with Gasteiger partial charge in [-0.25, -0.2) is 0 Å². The van der Waals surface area contributed by atoms with E-state index in [-0.39, 0.29) is 0 Å². The van der Waals surface area contributed by atoms with Crippen LogP contribution in [0.15, 0.2) is 0 Å². The van der Waals surface area contributed by atoms with E-state index in [0.717, 1.165) is 12.6 Å². The van der Waals surface area contributed by atoms with Gasteiger partial charge in [0.1, 0.15) is 0 Å². The fourth-order valence-corrected chi connectivity index (χ4v) is 1.57. The molecule has 0 unspecified atom stereocenters. The first-order valence-electron chi connectivity index (χ1n) is 4.48. The van der Waals surface area contributed by atoms with Gasteiger partial charge in [-0.1, -0.05) is 12.3 Å². The molecule has 0 aromatic carbocycles. The second-order valence-electron chi connectivity index (χ2n) is 3.24. The zero-order valence-corrected chi connectivity index (χ0v) is 7.56. The van der Waals surface area contributed by atoms with Gasteiger partial charge in [-0.3, -0.25) is 4.90 Å². The molecule has 1 heteroatoms. The molecule has 0 aliphatic carbocycles. The quantitative estimate of drug-likeness (QED) is 0.517. The van der Waals surface area contributed by atoms with Crippen molar-refractivity contribution < 1.29 is 0 Å². The van der Waals surface area contributed by atoms with E-state index in [1.807, 2.05) is 6.92 Å². The van der Waals surface area contributed by atoms with Crippen molar-refractivity contribution in [1.29, 1.82) is 0 Å². The van der Waals surface area contributed by atoms with Crippen molar-refractivity contribution in [2.45, 2.75) is 39.2 Å². The summed E-state index contributed by atoms with van der Waals surface area (Å²) < 4.78 is 0. The van der Waals surface area contributed by atoms with Crippen LogP contribution in [-0.4, -0.2) is 24.0 Å². The summed E-state index contributed by atoms with van der Waals surface area (Å²) in [5.41, 5.74) is 0. The van der Waals surface area contributed by atoms with Crippen molar-refractivity contribution in [3.63, 3.8) is 0 Å². The maximum atomic E-state index is 3.12. The number of likely N-dealkylation sites (tertiary alicyclic amines) is 1. The predicted octanol–water partition coefficient (Wildman–Crippen LogP) is 1.88. The SMILES string of the molecule is CC#CCN1CCCC[C@H]1C. The van der Waals surface area contributed by atoms with Gasteiger partial charge in [0.15, 0.2) is 0 Å². The van der Waals surface area contributed by atoms with Crippen LogP contribution in [0.3, 0.4) is 0 Å². The van der Waals surface area contributed by atoms with Gasteiger partial charge in [0, 0.05) is 6.04 Å². The standard InChI is InChI=1S/C10H17N/c1-3-4-8-11-9-6-5-7-10(11)2/h10H,5-9H2,1-2H3/t10-/m1/s1. The molecule has 0 aromatic rings. The molecule has 1 atom stereocenters. The minimum absolute atomic E-state index is 0.754. The Labute approximate surface area is 69.8 Å². The van der Waals surface area contributed by atoms with Crippen molar-refractivity contribution in [3.05, 3.63) is 0 Å². The van der Waals surface area contributed by atoms with E-state index >= 15 is 0 Å². The molecule has 1 fully saturated rings. The van der Waals surface area contributed by atoms with Gasteiger partial charge in [-0.05, 0) is 33.2 Å². The van der Waals surface area contributed by atoms with Crippen LogP contribution >= 0.6 is 0 Å². The normalized spacial score (nSPS) is 25.8. The van der Waals surface area contributed by atoms with Crippen molar-refractivity contribution in [2.24, 2.45) is 0 Å². The Bertz CT molecular complexity index is 163. The summed E-state index contributed by atoms with van der Waals surface area (Å²) in [4.78, 5) is 2.47. The van der Waals surface area contributed by atoms with Gasteiger partial charge in [-0.2, -0.15) is 0 Å². The molecule has 1 aliphatic rings. The highest BCUT2D eigenvalue weighted by atomic mass is 15.1. The highest BCUT2D eigenvalue weighted by molar-refractivity contribution is 4.98. The first kappa shape index (κ1) is 8.62. The predicted molar refractivity (Wildman–Crippen MR) is 48.3 cm³/mol. The molecule has 0 spiro atoms. The Balaban J connectivity index is 2.33. The third-order valence-electron chi connectivity index (χ3n) is 2.40. The second kappa shape index (κ2) is 4.41. The molecule has 0 bridgehead atoms. The van der Waals surface area contributed by atoms with Gasteiger partial charge in [-0.15, -0.1) is 5.92 Å². The van der Waals surface area contributed by atoms with E-state index in [4.69, 9.17) is 0 Å². The lowest BCUT2D eigenvalue weighted by atomic mass is 10.0. The van der Waals surface area contributed by atoms with Gasteiger partial charge < -0.3 is 0 Å². The molecule has 1 nitrogen and oxygen atoms in total. The molecule has 1 rings (SSSR count). The zero-order chi connectivity index (χ0) is 8.10. The van der Waals surface area contributed by atoms with Gasteiger partial charge in [0.25, 0.3) is 0 Å². The molecule has 1 saturated heterocycles. The summed E-state index contributed by atoms with van der Waals surface area (Å²) in [5, 5.41) is 0. The molecular weight excluding hydrogens is 134 g/mol. The molecule has 0 saturated carbocycles. The minimum Gasteiger partial charge on any atom is -0.290 e. The zero-order valence-electron chi connectivity index (χ0n) is 7.56. The molecule has 0 radical (unpaired) electrons. The van der Waals surface area contributed by atoms with E-state index in [1.54, 1.807) is 0 Å². The maximum absolute atomic E-state index is 3.12. The molecule has 0 amide bonds. The first-order valence-corrected chi connectivity index (χ1v) is 4.48. The van der Waals surface area contributed by atoms with Crippen LogP contribution in [0.5, 0.6) is 0 Å². The summed E-state index contributed by atoms with van der Waals surface area (Å²) in [7, 11) is 0. The molecule has 1 aliphatic heterocycles. The first-order chi connectivity index (χ1) is 5.34. The van der Waals surface area contributed by atoms with Crippen molar-refractivity contribution in [3.8, 4) is 11.8 Å². The minimum atomic E-state index is 0.754. The third kappa shape index (κ3) is 2.55. The van der Waals surface area contributed by atoms with Crippen LogP contribution in [-0.2, 0) is 0 Å². The fourth-order valence-electron chi connectivity index (χ4n) is 1.57. The summed E-state index contributed by atoms with van der Waals surface area (Å²) in [5.74, 6) is 6.07. The van der Waals surface area contributed by atoms with E-state index in [0.29, 0.717) is 0 Å². The molecule has 0 aromatic heterocycles. The average Bonchev–Trinajstić information content (AvgIpc) is 2.03. The van der Waals surface area contributed by atoms with Gasteiger partial charge in [0.2, 0.25) is 0 Å².